The summed E-state index contributed by atoms with van der Waals surface area (Å²) in [5, 5.41) is 0.395. The molecule has 0 radical (unpaired) electrons. The minimum atomic E-state index is -3.52. The van der Waals surface area contributed by atoms with Crippen LogP contribution in [0.1, 0.15) is 12.5 Å². The van der Waals surface area contributed by atoms with E-state index in [1.165, 1.54) is 6.07 Å². The molecule has 1 atom stereocenters. The monoisotopic (exact) mass is 262 g/mol. The lowest BCUT2D eigenvalue weighted by Crippen LogP contribution is -2.35. The van der Waals surface area contributed by atoms with Gasteiger partial charge in [0.15, 0.2) is 0 Å². The Labute approximate surface area is 101 Å². The molecule has 4 nitrogen and oxygen atoms in total. The van der Waals surface area contributed by atoms with E-state index in [2.05, 4.69) is 4.72 Å². The van der Waals surface area contributed by atoms with E-state index >= 15 is 0 Å². The summed E-state index contributed by atoms with van der Waals surface area (Å²) in [6.07, 6.45) is 0. The molecular formula is C10H15ClN2O2S. The first-order chi connectivity index (χ1) is 7.33. The van der Waals surface area contributed by atoms with Crippen LogP contribution in [0.3, 0.4) is 0 Å². The molecule has 0 saturated carbocycles. The summed E-state index contributed by atoms with van der Waals surface area (Å²) in [7, 11) is -3.52. The van der Waals surface area contributed by atoms with Crippen molar-refractivity contribution in [2.24, 2.45) is 5.73 Å². The Balaban J connectivity index is 3.02. The van der Waals surface area contributed by atoms with Crippen LogP contribution < -0.4 is 10.5 Å². The molecule has 0 heterocycles. The predicted octanol–water partition coefficient (Wildman–Crippen LogP) is 1.27. The van der Waals surface area contributed by atoms with Crippen molar-refractivity contribution in [3.63, 3.8) is 0 Å². The summed E-state index contributed by atoms with van der Waals surface area (Å²) in [4.78, 5) is 0.195. The number of halogens is 1. The first-order valence-corrected chi connectivity index (χ1v) is 6.70. The molecule has 0 amide bonds. The third-order valence-corrected chi connectivity index (χ3v) is 3.84. The molecule has 3 N–H and O–H groups in total. The highest BCUT2D eigenvalue weighted by Gasteiger charge is 2.17. The molecule has 0 bridgehead atoms. The van der Waals surface area contributed by atoms with Gasteiger partial charge in [0.1, 0.15) is 0 Å². The van der Waals surface area contributed by atoms with E-state index in [1.807, 2.05) is 0 Å². The lowest BCUT2D eigenvalue weighted by Gasteiger charge is -2.11. The van der Waals surface area contributed by atoms with E-state index in [9.17, 15) is 8.42 Å². The largest absolute Gasteiger partial charge is 0.327 e. The van der Waals surface area contributed by atoms with Crippen molar-refractivity contribution in [2.75, 3.05) is 6.54 Å². The van der Waals surface area contributed by atoms with Crippen molar-refractivity contribution in [1.29, 1.82) is 0 Å². The van der Waals surface area contributed by atoms with Crippen LogP contribution in [0, 0.1) is 6.92 Å². The molecule has 0 aromatic heterocycles. The molecule has 0 saturated heterocycles. The van der Waals surface area contributed by atoms with Crippen LogP contribution >= 0.6 is 11.6 Å². The lowest BCUT2D eigenvalue weighted by molar-refractivity contribution is 0.573. The smallest absolute Gasteiger partial charge is 0.240 e. The fraction of sp³-hybridized carbons (Fsp3) is 0.400. The van der Waals surface area contributed by atoms with Crippen molar-refractivity contribution in [3.05, 3.63) is 28.8 Å². The normalized spacial score (nSPS) is 13.8. The van der Waals surface area contributed by atoms with Gasteiger partial charge in [-0.3, -0.25) is 0 Å². The highest BCUT2D eigenvalue weighted by molar-refractivity contribution is 7.89. The van der Waals surface area contributed by atoms with Gasteiger partial charge >= 0.3 is 0 Å². The summed E-state index contributed by atoms with van der Waals surface area (Å²) >= 11 is 5.77. The predicted molar refractivity (Wildman–Crippen MR) is 65.0 cm³/mol. The molecule has 1 unspecified atom stereocenters. The zero-order chi connectivity index (χ0) is 12.3. The number of sulfonamides is 1. The molecule has 16 heavy (non-hydrogen) atoms. The molecule has 0 aliphatic heterocycles. The highest BCUT2D eigenvalue weighted by Crippen LogP contribution is 2.19. The van der Waals surface area contributed by atoms with Gasteiger partial charge in [-0.25, -0.2) is 13.1 Å². The fourth-order valence-corrected chi connectivity index (χ4v) is 2.83. The van der Waals surface area contributed by atoms with Gasteiger partial charge in [0.05, 0.1) is 4.90 Å². The van der Waals surface area contributed by atoms with Gasteiger partial charge in [0.25, 0.3) is 0 Å². The van der Waals surface area contributed by atoms with Gasteiger partial charge in [0.2, 0.25) is 10.0 Å². The number of rotatable bonds is 4. The molecule has 90 valence electrons. The van der Waals surface area contributed by atoms with Gasteiger partial charge < -0.3 is 5.73 Å². The number of aryl methyl sites for hydroxylation is 1. The Morgan fingerprint density at radius 1 is 1.50 bits per heavy atom. The van der Waals surface area contributed by atoms with E-state index < -0.39 is 10.0 Å². The first-order valence-electron chi connectivity index (χ1n) is 4.84. The number of nitrogens with two attached hydrogens (primary N) is 1. The highest BCUT2D eigenvalue weighted by atomic mass is 35.5. The summed E-state index contributed by atoms with van der Waals surface area (Å²) in [5.74, 6) is 0. The van der Waals surface area contributed by atoms with Crippen molar-refractivity contribution in [2.45, 2.75) is 24.8 Å². The van der Waals surface area contributed by atoms with Gasteiger partial charge in [-0.2, -0.15) is 0 Å². The molecule has 0 spiro atoms. The minimum Gasteiger partial charge on any atom is -0.327 e. The Hall–Kier alpha value is -0.620. The zero-order valence-corrected chi connectivity index (χ0v) is 10.8. The molecule has 1 aromatic carbocycles. The van der Waals surface area contributed by atoms with Crippen LogP contribution in [0.5, 0.6) is 0 Å². The molecule has 0 aliphatic rings. The van der Waals surface area contributed by atoms with Crippen LogP contribution in [0.15, 0.2) is 23.1 Å². The van der Waals surface area contributed by atoms with E-state index in [4.69, 9.17) is 17.3 Å². The standard InChI is InChI=1S/C10H15ClN2O2S/c1-7-3-4-9(11)5-10(7)16(14,15)13-6-8(2)12/h3-5,8,13H,6,12H2,1-2H3. The third kappa shape index (κ3) is 3.45. The average Bonchev–Trinajstić information content (AvgIpc) is 2.19. The summed E-state index contributed by atoms with van der Waals surface area (Å²) in [6, 6.07) is 4.53. The van der Waals surface area contributed by atoms with Crippen molar-refractivity contribution in [1.82, 2.24) is 4.72 Å². The SMILES string of the molecule is Cc1ccc(Cl)cc1S(=O)(=O)NCC(C)N. The number of benzene rings is 1. The van der Waals surface area contributed by atoms with E-state index in [0.29, 0.717) is 10.6 Å². The summed E-state index contributed by atoms with van der Waals surface area (Å²) < 4.78 is 26.2. The summed E-state index contributed by atoms with van der Waals surface area (Å²) in [5.41, 5.74) is 6.15. The number of hydrogen-bond donors (Lipinski definition) is 2. The second kappa shape index (κ2) is 5.14. The molecular weight excluding hydrogens is 248 g/mol. The Morgan fingerprint density at radius 2 is 2.12 bits per heavy atom. The topological polar surface area (TPSA) is 72.2 Å². The third-order valence-electron chi connectivity index (χ3n) is 2.04. The van der Waals surface area contributed by atoms with Gasteiger partial charge in [0, 0.05) is 17.6 Å². The quantitative estimate of drug-likeness (QED) is 0.858. The minimum absolute atomic E-state index is 0.195. The van der Waals surface area contributed by atoms with Crippen molar-refractivity contribution < 1.29 is 8.42 Å². The maximum absolute atomic E-state index is 11.9. The Kier molecular flexibility index (Phi) is 4.32. The Morgan fingerprint density at radius 3 is 2.69 bits per heavy atom. The molecule has 1 aromatic rings. The van der Waals surface area contributed by atoms with E-state index in [0.717, 1.165) is 0 Å². The number of nitrogens with one attached hydrogen (secondary N) is 1. The van der Waals surface area contributed by atoms with Crippen LogP contribution in [-0.2, 0) is 10.0 Å². The number of hydrogen-bond acceptors (Lipinski definition) is 3. The maximum Gasteiger partial charge on any atom is 0.240 e. The molecule has 0 aliphatic carbocycles. The van der Waals surface area contributed by atoms with Crippen LogP contribution in [-0.4, -0.2) is 21.0 Å². The average molecular weight is 263 g/mol. The van der Waals surface area contributed by atoms with E-state index in [-0.39, 0.29) is 17.5 Å². The van der Waals surface area contributed by atoms with Gasteiger partial charge in [-0.05, 0) is 31.5 Å². The van der Waals surface area contributed by atoms with E-state index in [1.54, 1.807) is 26.0 Å². The van der Waals surface area contributed by atoms with Crippen LogP contribution in [0.25, 0.3) is 0 Å². The molecule has 0 fully saturated rings. The first kappa shape index (κ1) is 13.4. The zero-order valence-electron chi connectivity index (χ0n) is 9.20. The van der Waals surface area contributed by atoms with Crippen LogP contribution in [0.2, 0.25) is 5.02 Å². The fourth-order valence-electron chi connectivity index (χ4n) is 1.18. The van der Waals surface area contributed by atoms with Crippen molar-refractivity contribution >= 4 is 21.6 Å². The maximum atomic E-state index is 11.9. The van der Waals surface area contributed by atoms with Gasteiger partial charge in [-0.1, -0.05) is 17.7 Å². The van der Waals surface area contributed by atoms with Gasteiger partial charge in [-0.15, -0.1) is 0 Å². The van der Waals surface area contributed by atoms with Crippen LogP contribution in [0.4, 0.5) is 0 Å². The second-order valence-electron chi connectivity index (χ2n) is 3.74. The van der Waals surface area contributed by atoms with Crippen molar-refractivity contribution in [3.8, 4) is 0 Å². The molecule has 6 heteroatoms. The second-order valence-corrected chi connectivity index (χ2v) is 5.91. The lowest BCUT2D eigenvalue weighted by atomic mass is 10.2. The Bertz CT molecular complexity index is 472. The summed E-state index contributed by atoms with van der Waals surface area (Å²) in [6.45, 7) is 3.65. The molecule has 1 rings (SSSR count).